The molecule has 0 heterocycles. The summed E-state index contributed by atoms with van der Waals surface area (Å²) in [6, 6.07) is 20.8. The van der Waals surface area contributed by atoms with Crippen LogP contribution in [0.25, 0.3) is 11.1 Å². The van der Waals surface area contributed by atoms with Gasteiger partial charge in [-0.1, -0.05) is 54.6 Å². The average molecular weight is 460 g/mol. The third-order valence-corrected chi connectivity index (χ3v) is 5.82. The number of carbonyl (C=O) groups excluding carboxylic acids is 2. The highest BCUT2D eigenvalue weighted by atomic mass is 16.5. The van der Waals surface area contributed by atoms with Gasteiger partial charge in [0.1, 0.15) is 6.61 Å². The van der Waals surface area contributed by atoms with E-state index in [9.17, 15) is 19.5 Å². The molecular weight excluding hydrogens is 436 g/mol. The third kappa shape index (κ3) is 4.77. The van der Waals surface area contributed by atoms with Gasteiger partial charge in [-0.15, -0.1) is 0 Å². The summed E-state index contributed by atoms with van der Waals surface area (Å²) < 4.78 is 5.56. The zero-order valence-corrected chi connectivity index (χ0v) is 18.4. The molecule has 174 valence electrons. The van der Waals surface area contributed by atoms with Crippen molar-refractivity contribution in [1.29, 1.82) is 0 Å². The van der Waals surface area contributed by atoms with Crippen LogP contribution < -0.4 is 10.6 Å². The largest absolute Gasteiger partial charge is 0.479 e. The second-order valence-electron chi connectivity index (χ2n) is 8.04. The second kappa shape index (κ2) is 9.76. The van der Waals surface area contributed by atoms with Crippen molar-refractivity contribution in [2.75, 3.05) is 18.5 Å². The number of amides is 2. The highest BCUT2D eigenvalue weighted by Gasteiger charge is 2.29. The number of carboxylic acids is 1. The maximum Gasteiger partial charge on any atom is 0.411 e. The zero-order chi connectivity index (χ0) is 24.2. The van der Waals surface area contributed by atoms with Gasteiger partial charge in [-0.05, 0) is 46.9 Å². The van der Waals surface area contributed by atoms with Crippen LogP contribution in [0.15, 0.2) is 66.7 Å². The minimum atomic E-state index is -1.70. The van der Waals surface area contributed by atoms with E-state index in [1.54, 1.807) is 19.1 Å². The number of carboxylic acid groups (broad SMARTS) is 1. The smallest absolute Gasteiger partial charge is 0.411 e. The minimum Gasteiger partial charge on any atom is -0.479 e. The van der Waals surface area contributed by atoms with Crippen molar-refractivity contribution in [3.63, 3.8) is 0 Å². The lowest BCUT2D eigenvalue weighted by molar-refractivity contribution is -0.146. The SMILES string of the molecule is Cc1ccc(C(=O)NCC(O)C(=O)O)cc1NC(=O)OCC1c2ccccc2-c2ccccc21. The summed E-state index contributed by atoms with van der Waals surface area (Å²) in [7, 11) is 0. The molecule has 1 atom stereocenters. The molecule has 0 bridgehead atoms. The number of aryl methyl sites for hydroxylation is 1. The van der Waals surface area contributed by atoms with Gasteiger partial charge in [0.15, 0.2) is 6.10 Å². The Bertz CT molecular complexity index is 1210. The van der Waals surface area contributed by atoms with Crippen LogP contribution in [0.3, 0.4) is 0 Å². The quantitative estimate of drug-likeness (QED) is 0.428. The predicted octanol–water partition coefficient (Wildman–Crippen LogP) is 3.53. The highest BCUT2D eigenvalue weighted by molar-refractivity contribution is 5.97. The van der Waals surface area contributed by atoms with Crippen LogP contribution >= 0.6 is 0 Å². The predicted molar refractivity (Wildman–Crippen MR) is 126 cm³/mol. The Labute approximate surface area is 196 Å². The number of hydrogen-bond donors (Lipinski definition) is 4. The van der Waals surface area contributed by atoms with E-state index < -0.39 is 30.6 Å². The topological polar surface area (TPSA) is 125 Å². The molecule has 2 amide bonds. The molecule has 8 heteroatoms. The first-order chi connectivity index (χ1) is 16.3. The van der Waals surface area contributed by atoms with E-state index in [1.807, 2.05) is 36.4 Å². The number of carbonyl (C=O) groups is 3. The van der Waals surface area contributed by atoms with Gasteiger partial charge in [-0.2, -0.15) is 0 Å². The van der Waals surface area contributed by atoms with Gasteiger partial charge in [0.2, 0.25) is 0 Å². The van der Waals surface area contributed by atoms with E-state index in [1.165, 1.54) is 6.07 Å². The fourth-order valence-electron chi connectivity index (χ4n) is 4.02. The summed E-state index contributed by atoms with van der Waals surface area (Å²) in [5, 5.41) is 23.1. The number of benzene rings is 3. The van der Waals surface area contributed by atoms with Crippen molar-refractivity contribution in [3.05, 3.63) is 89.0 Å². The lowest BCUT2D eigenvalue weighted by Gasteiger charge is -2.15. The molecule has 3 aromatic rings. The van der Waals surface area contributed by atoms with E-state index in [2.05, 4.69) is 22.8 Å². The maximum absolute atomic E-state index is 12.6. The fraction of sp³-hybridized carbons (Fsp3) is 0.192. The Hall–Kier alpha value is -4.17. The van der Waals surface area contributed by atoms with Crippen LogP contribution in [0, 0.1) is 6.92 Å². The highest BCUT2D eigenvalue weighted by Crippen LogP contribution is 2.44. The summed E-state index contributed by atoms with van der Waals surface area (Å²) in [4.78, 5) is 35.6. The van der Waals surface area contributed by atoms with Crippen LogP contribution in [-0.2, 0) is 9.53 Å². The molecule has 8 nitrogen and oxygen atoms in total. The average Bonchev–Trinajstić information content (AvgIpc) is 3.16. The second-order valence-corrected chi connectivity index (χ2v) is 8.04. The summed E-state index contributed by atoms with van der Waals surface area (Å²) in [6.45, 7) is 1.50. The Balaban J connectivity index is 1.41. The van der Waals surface area contributed by atoms with E-state index >= 15 is 0 Å². The van der Waals surface area contributed by atoms with Crippen molar-refractivity contribution in [2.24, 2.45) is 0 Å². The van der Waals surface area contributed by atoms with Crippen molar-refractivity contribution in [3.8, 4) is 11.1 Å². The number of ether oxygens (including phenoxy) is 1. The van der Waals surface area contributed by atoms with Gasteiger partial charge in [0, 0.05) is 17.2 Å². The number of rotatable bonds is 7. The lowest BCUT2D eigenvalue weighted by Crippen LogP contribution is -2.36. The zero-order valence-electron chi connectivity index (χ0n) is 18.4. The van der Waals surface area contributed by atoms with Crippen LogP contribution in [0.4, 0.5) is 10.5 Å². The fourth-order valence-corrected chi connectivity index (χ4v) is 4.02. The number of aliphatic hydroxyl groups is 1. The van der Waals surface area contributed by atoms with Gasteiger partial charge in [-0.3, -0.25) is 10.1 Å². The van der Waals surface area contributed by atoms with E-state index in [-0.39, 0.29) is 18.1 Å². The van der Waals surface area contributed by atoms with Crippen molar-refractivity contribution in [1.82, 2.24) is 5.32 Å². The van der Waals surface area contributed by atoms with Crippen LogP contribution in [-0.4, -0.2) is 47.4 Å². The molecule has 0 saturated heterocycles. The lowest BCUT2D eigenvalue weighted by atomic mass is 9.98. The van der Waals surface area contributed by atoms with Crippen LogP contribution in [0.2, 0.25) is 0 Å². The van der Waals surface area contributed by atoms with E-state index in [4.69, 9.17) is 9.84 Å². The van der Waals surface area contributed by atoms with Gasteiger partial charge < -0.3 is 20.3 Å². The standard InChI is InChI=1S/C26H24N2O6/c1-15-10-11-16(24(30)27-13-23(29)25(31)32)12-22(15)28-26(33)34-14-21-19-8-4-2-6-17(19)18-7-3-5-9-20(18)21/h2-12,21,23,29H,13-14H2,1H3,(H,27,30)(H,28,33)(H,31,32). The molecule has 0 radical (unpaired) electrons. The van der Waals surface area contributed by atoms with Crippen molar-refractivity contribution in [2.45, 2.75) is 18.9 Å². The van der Waals surface area contributed by atoms with Crippen LogP contribution in [0.5, 0.6) is 0 Å². The van der Waals surface area contributed by atoms with Gasteiger partial charge in [0.05, 0.1) is 6.54 Å². The maximum atomic E-state index is 12.6. The first kappa shape index (κ1) is 23.0. The van der Waals surface area contributed by atoms with Crippen LogP contribution in [0.1, 0.15) is 33.0 Å². The molecule has 3 aromatic carbocycles. The molecule has 1 unspecified atom stereocenters. The molecule has 1 aliphatic carbocycles. The molecule has 4 rings (SSSR count). The Morgan fingerprint density at radius 3 is 2.21 bits per heavy atom. The monoisotopic (exact) mass is 460 g/mol. The Morgan fingerprint density at radius 1 is 0.971 bits per heavy atom. The number of fused-ring (bicyclic) bond motifs is 3. The Morgan fingerprint density at radius 2 is 1.59 bits per heavy atom. The number of aliphatic hydroxyl groups excluding tert-OH is 1. The molecule has 0 saturated carbocycles. The number of aliphatic carboxylic acids is 1. The summed E-state index contributed by atoms with van der Waals surface area (Å²) in [5.74, 6) is -2.07. The third-order valence-electron chi connectivity index (χ3n) is 5.82. The van der Waals surface area contributed by atoms with E-state index in [0.29, 0.717) is 5.69 Å². The molecule has 0 spiro atoms. The first-order valence-corrected chi connectivity index (χ1v) is 10.8. The first-order valence-electron chi connectivity index (χ1n) is 10.8. The summed E-state index contributed by atoms with van der Waals surface area (Å²) in [5.41, 5.74) is 5.80. The minimum absolute atomic E-state index is 0.0722. The normalized spacial score (nSPS) is 12.9. The Kier molecular flexibility index (Phi) is 6.60. The van der Waals surface area contributed by atoms with Gasteiger partial charge in [-0.25, -0.2) is 9.59 Å². The summed E-state index contributed by atoms with van der Waals surface area (Å²) in [6.07, 6.45) is -2.35. The van der Waals surface area contributed by atoms with E-state index in [0.717, 1.165) is 27.8 Å². The molecule has 34 heavy (non-hydrogen) atoms. The molecule has 4 N–H and O–H groups in total. The number of nitrogens with one attached hydrogen (secondary N) is 2. The van der Waals surface area contributed by atoms with Gasteiger partial charge >= 0.3 is 12.1 Å². The number of anilines is 1. The summed E-state index contributed by atoms with van der Waals surface area (Å²) >= 11 is 0. The molecule has 0 aromatic heterocycles. The molecule has 0 fully saturated rings. The molecular formula is C26H24N2O6. The number of hydrogen-bond acceptors (Lipinski definition) is 5. The van der Waals surface area contributed by atoms with Gasteiger partial charge in [0.25, 0.3) is 5.91 Å². The van der Waals surface area contributed by atoms with Crippen molar-refractivity contribution >= 4 is 23.7 Å². The van der Waals surface area contributed by atoms with Crippen molar-refractivity contribution < 1.29 is 29.3 Å². The molecule has 1 aliphatic rings. The molecule has 0 aliphatic heterocycles.